The van der Waals surface area contributed by atoms with Gasteiger partial charge in [0.1, 0.15) is 12.3 Å². The molecule has 0 fully saturated rings. The molecule has 0 saturated heterocycles. The second kappa shape index (κ2) is 8.77. The summed E-state index contributed by atoms with van der Waals surface area (Å²) in [5, 5.41) is 2.49. The SMILES string of the molecule is CC(=O)N(CC(=O)Nc1ccc(C(F)(F)F)cc1)c1ccc(OC(C)C)cc1. The summed E-state index contributed by atoms with van der Waals surface area (Å²) in [6.07, 6.45) is -4.44. The van der Waals surface area contributed by atoms with Crippen molar-refractivity contribution in [2.45, 2.75) is 33.1 Å². The average molecular weight is 394 g/mol. The number of nitrogens with one attached hydrogen (secondary N) is 1. The van der Waals surface area contributed by atoms with Crippen molar-refractivity contribution in [2.24, 2.45) is 0 Å². The molecule has 0 spiro atoms. The zero-order chi connectivity index (χ0) is 20.9. The standard InChI is InChI=1S/C20H21F3N2O3/c1-13(2)28-18-10-8-17(9-11-18)25(14(3)26)12-19(27)24-16-6-4-15(5-7-16)20(21,22)23/h4-11,13H,12H2,1-3H3,(H,24,27). The normalized spacial score (nSPS) is 11.2. The predicted octanol–water partition coefficient (Wildman–Crippen LogP) is 4.48. The molecule has 8 heteroatoms. The molecule has 2 aromatic rings. The van der Waals surface area contributed by atoms with Crippen molar-refractivity contribution in [3.05, 3.63) is 54.1 Å². The minimum atomic E-state index is -4.45. The Balaban J connectivity index is 2.05. The molecule has 0 bridgehead atoms. The fraction of sp³-hybridized carbons (Fsp3) is 0.300. The van der Waals surface area contributed by atoms with Gasteiger partial charge in [0, 0.05) is 18.3 Å². The van der Waals surface area contributed by atoms with Crippen LogP contribution in [0.5, 0.6) is 5.75 Å². The maximum absolute atomic E-state index is 12.6. The van der Waals surface area contributed by atoms with Gasteiger partial charge in [0.05, 0.1) is 11.7 Å². The molecule has 0 aliphatic heterocycles. The van der Waals surface area contributed by atoms with Crippen LogP contribution >= 0.6 is 0 Å². The molecule has 0 aromatic heterocycles. The summed E-state index contributed by atoms with van der Waals surface area (Å²) in [5.74, 6) is -0.242. The molecule has 0 aliphatic carbocycles. The van der Waals surface area contributed by atoms with Crippen LogP contribution in [0.2, 0.25) is 0 Å². The summed E-state index contributed by atoms with van der Waals surface area (Å²) in [6.45, 7) is 4.83. The first-order valence-electron chi connectivity index (χ1n) is 8.58. The lowest BCUT2D eigenvalue weighted by Crippen LogP contribution is -2.36. The molecule has 0 heterocycles. The summed E-state index contributed by atoms with van der Waals surface area (Å²) in [6, 6.07) is 10.8. The third-order valence-electron chi connectivity index (χ3n) is 3.70. The van der Waals surface area contributed by atoms with Crippen molar-refractivity contribution in [3.8, 4) is 5.75 Å². The molecule has 0 saturated carbocycles. The van der Waals surface area contributed by atoms with Crippen molar-refractivity contribution in [1.82, 2.24) is 0 Å². The number of benzene rings is 2. The second-order valence-corrected chi connectivity index (χ2v) is 6.39. The van der Waals surface area contributed by atoms with E-state index in [1.807, 2.05) is 13.8 Å². The molecule has 2 aromatic carbocycles. The lowest BCUT2D eigenvalue weighted by Gasteiger charge is -2.21. The maximum atomic E-state index is 12.6. The molecular formula is C20H21F3N2O3. The van der Waals surface area contributed by atoms with Gasteiger partial charge in [-0.3, -0.25) is 9.59 Å². The van der Waals surface area contributed by atoms with Crippen LogP contribution in [0.15, 0.2) is 48.5 Å². The molecule has 2 rings (SSSR count). The quantitative estimate of drug-likeness (QED) is 0.786. The summed E-state index contributed by atoms with van der Waals surface area (Å²) in [7, 11) is 0. The number of carbonyl (C=O) groups is 2. The van der Waals surface area contributed by atoms with Gasteiger partial charge in [-0.05, 0) is 62.4 Å². The van der Waals surface area contributed by atoms with E-state index in [1.165, 1.54) is 11.8 Å². The van der Waals surface area contributed by atoms with E-state index in [0.29, 0.717) is 11.4 Å². The number of amides is 2. The first-order chi connectivity index (χ1) is 13.1. The molecule has 0 atom stereocenters. The number of hydrogen-bond donors (Lipinski definition) is 1. The molecule has 0 aliphatic rings. The van der Waals surface area contributed by atoms with E-state index >= 15 is 0 Å². The van der Waals surface area contributed by atoms with Gasteiger partial charge in [-0.15, -0.1) is 0 Å². The first kappa shape index (κ1) is 21.3. The Kier molecular flexibility index (Phi) is 6.66. The van der Waals surface area contributed by atoms with Crippen molar-refractivity contribution in [2.75, 3.05) is 16.8 Å². The summed E-state index contributed by atoms with van der Waals surface area (Å²) >= 11 is 0. The van der Waals surface area contributed by atoms with Crippen molar-refractivity contribution in [1.29, 1.82) is 0 Å². The number of hydrogen-bond acceptors (Lipinski definition) is 3. The number of rotatable bonds is 6. The van der Waals surface area contributed by atoms with E-state index in [4.69, 9.17) is 4.74 Å². The maximum Gasteiger partial charge on any atom is 0.416 e. The smallest absolute Gasteiger partial charge is 0.416 e. The molecule has 150 valence electrons. The third kappa shape index (κ3) is 6.00. The van der Waals surface area contributed by atoms with Gasteiger partial charge in [0.25, 0.3) is 0 Å². The van der Waals surface area contributed by atoms with Crippen LogP contribution in [0.25, 0.3) is 0 Å². The average Bonchev–Trinajstić information content (AvgIpc) is 2.59. The van der Waals surface area contributed by atoms with E-state index in [-0.39, 0.29) is 24.2 Å². The molecule has 28 heavy (non-hydrogen) atoms. The van der Waals surface area contributed by atoms with Crippen LogP contribution in [-0.4, -0.2) is 24.5 Å². The van der Waals surface area contributed by atoms with Crippen LogP contribution in [-0.2, 0) is 15.8 Å². The molecule has 5 nitrogen and oxygen atoms in total. The van der Waals surface area contributed by atoms with Crippen molar-refractivity contribution >= 4 is 23.2 Å². The highest BCUT2D eigenvalue weighted by Crippen LogP contribution is 2.29. The minimum Gasteiger partial charge on any atom is -0.491 e. The zero-order valence-corrected chi connectivity index (χ0v) is 15.7. The Hall–Kier alpha value is -3.03. The summed E-state index contributed by atoms with van der Waals surface area (Å²) < 4.78 is 43.3. The van der Waals surface area contributed by atoms with Gasteiger partial charge in [0.15, 0.2) is 0 Å². The highest BCUT2D eigenvalue weighted by atomic mass is 19.4. The van der Waals surface area contributed by atoms with Gasteiger partial charge >= 0.3 is 6.18 Å². The van der Waals surface area contributed by atoms with Crippen LogP contribution in [0.3, 0.4) is 0 Å². The lowest BCUT2D eigenvalue weighted by molar-refractivity contribution is -0.137. The number of alkyl halides is 3. The summed E-state index contributed by atoms with van der Waals surface area (Å²) in [5.41, 5.74) is -0.0899. The molecule has 0 unspecified atom stereocenters. The Morgan fingerprint density at radius 1 is 1.04 bits per heavy atom. The number of halogens is 3. The lowest BCUT2D eigenvalue weighted by atomic mass is 10.2. The summed E-state index contributed by atoms with van der Waals surface area (Å²) in [4.78, 5) is 25.4. The predicted molar refractivity (Wildman–Crippen MR) is 100 cm³/mol. The molecule has 2 amide bonds. The van der Waals surface area contributed by atoms with Crippen molar-refractivity contribution in [3.63, 3.8) is 0 Å². The van der Waals surface area contributed by atoms with Crippen LogP contribution in [0.4, 0.5) is 24.5 Å². The van der Waals surface area contributed by atoms with Gasteiger partial charge in [-0.2, -0.15) is 13.2 Å². The largest absolute Gasteiger partial charge is 0.491 e. The fourth-order valence-electron chi connectivity index (χ4n) is 2.45. The molecule has 0 radical (unpaired) electrons. The second-order valence-electron chi connectivity index (χ2n) is 6.39. The monoisotopic (exact) mass is 394 g/mol. The highest BCUT2D eigenvalue weighted by molar-refractivity contribution is 6.01. The van der Waals surface area contributed by atoms with Gasteiger partial charge in [-0.25, -0.2) is 0 Å². The Morgan fingerprint density at radius 2 is 1.61 bits per heavy atom. The van der Waals surface area contributed by atoms with E-state index < -0.39 is 17.6 Å². The topological polar surface area (TPSA) is 58.6 Å². The van der Waals surface area contributed by atoms with Crippen LogP contribution in [0, 0.1) is 0 Å². The van der Waals surface area contributed by atoms with Crippen LogP contribution < -0.4 is 15.0 Å². The minimum absolute atomic E-state index is 0.00396. The fourth-order valence-corrected chi connectivity index (χ4v) is 2.45. The van der Waals surface area contributed by atoms with Crippen molar-refractivity contribution < 1.29 is 27.5 Å². The Bertz CT molecular complexity index is 816. The van der Waals surface area contributed by atoms with E-state index in [9.17, 15) is 22.8 Å². The van der Waals surface area contributed by atoms with E-state index in [2.05, 4.69) is 5.32 Å². The molecular weight excluding hydrogens is 373 g/mol. The third-order valence-corrected chi connectivity index (χ3v) is 3.70. The molecule has 1 N–H and O–H groups in total. The number of anilines is 2. The van der Waals surface area contributed by atoms with E-state index in [0.717, 1.165) is 24.3 Å². The number of ether oxygens (including phenoxy) is 1. The Morgan fingerprint density at radius 3 is 2.07 bits per heavy atom. The first-order valence-corrected chi connectivity index (χ1v) is 8.58. The Labute approximate surface area is 161 Å². The number of carbonyl (C=O) groups excluding carboxylic acids is 2. The van der Waals surface area contributed by atoms with Gasteiger partial charge < -0.3 is 15.0 Å². The van der Waals surface area contributed by atoms with E-state index in [1.54, 1.807) is 24.3 Å². The van der Waals surface area contributed by atoms with Crippen LogP contribution in [0.1, 0.15) is 26.3 Å². The van der Waals surface area contributed by atoms with Gasteiger partial charge in [-0.1, -0.05) is 0 Å². The number of nitrogens with zero attached hydrogens (tertiary/aromatic N) is 1. The van der Waals surface area contributed by atoms with Gasteiger partial charge in [0.2, 0.25) is 11.8 Å². The zero-order valence-electron chi connectivity index (χ0n) is 15.7. The highest BCUT2D eigenvalue weighted by Gasteiger charge is 2.30.